The van der Waals surface area contributed by atoms with Gasteiger partial charge in [-0.1, -0.05) is 40.0 Å². The van der Waals surface area contributed by atoms with Gasteiger partial charge in [0, 0.05) is 0 Å². The van der Waals surface area contributed by atoms with Crippen molar-refractivity contribution in [2.24, 2.45) is 17.8 Å². The summed E-state index contributed by atoms with van der Waals surface area (Å²) < 4.78 is 0. The first-order chi connectivity index (χ1) is 8.04. The van der Waals surface area contributed by atoms with Gasteiger partial charge in [0.1, 0.15) is 6.04 Å². The molecule has 3 nitrogen and oxygen atoms in total. The van der Waals surface area contributed by atoms with E-state index in [1.807, 2.05) is 13.8 Å². The topological polar surface area (TPSA) is 49.3 Å². The van der Waals surface area contributed by atoms with E-state index in [4.69, 9.17) is 5.11 Å². The van der Waals surface area contributed by atoms with Gasteiger partial charge in [-0.05, 0) is 37.1 Å². The van der Waals surface area contributed by atoms with Gasteiger partial charge in [-0.2, -0.15) is 0 Å². The smallest absolute Gasteiger partial charge is 0.320 e. The second-order valence-electron chi connectivity index (χ2n) is 5.76. The van der Waals surface area contributed by atoms with Crippen molar-refractivity contribution >= 4 is 5.97 Å². The lowest BCUT2D eigenvalue weighted by Crippen LogP contribution is -2.43. The highest BCUT2D eigenvalue weighted by atomic mass is 16.4. The van der Waals surface area contributed by atoms with Crippen molar-refractivity contribution in [3.05, 3.63) is 0 Å². The van der Waals surface area contributed by atoms with Crippen molar-refractivity contribution in [1.29, 1.82) is 0 Å². The van der Waals surface area contributed by atoms with Gasteiger partial charge in [0.25, 0.3) is 0 Å². The highest BCUT2D eigenvalue weighted by Gasteiger charge is 2.24. The molecule has 0 bridgehead atoms. The lowest BCUT2D eigenvalue weighted by molar-refractivity contribution is -0.140. The van der Waals surface area contributed by atoms with Gasteiger partial charge in [0.15, 0.2) is 0 Å². The molecule has 0 heterocycles. The van der Waals surface area contributed by atoms with Crippen LogP contribution in [-0.2, 0) is 4.79 Å². The minimum absolute atomic E-state index is 0.152. The molecular formula is C14H27NO2. The molecule has 0 aliphatic heterocycles. The summed E-state index contributed by atoms with van der Waals surface area (Å²) in [5, 5.41) is 12.3. The van der Waals surface area contributed by atoms with Crippen molar-refractivity contribution in [2.75, 3.05) is 6.54 Å². The van der Waals surface area contributed by atoms with Gasteiger partial charge in [0.2, 0.25) is 0 Å². The third kappa shape index (κ3) is 4.66. The van der Waals surface area contributed by atoms with E-state index in [-0.39, 0.29) is 12.0 Å². The number of aliphatic carboxylic acids is 1. The lowest BCUT2D eigenvalue weighted by atomic mass is 9.81. The summed E-state index contributed by atoms with van der Waals surface area (Å²) in [5.74, 6) is 1.02. The van der Waals surface area contributed by atoms with E-state index in [2.05, 4.69) is 12.2 Å². The first-order valence-electron chi connectivity index (χ1n) is 7.00. The first kappa shape index (κ1) is 14.5. The Morgan fingerprint density at radius 1 is 1.24 bits per heavy atom. The van der Waals surface area contributed by atoms with E-state index in [9.17, 15) is 4.79 Å². The second-order valence-corrected chi connectivity index (χ2v) is 5.76. The Bertz CT molecular complexity index is 232. The third-order valence-corrected chi connectivity index (χ3v) is 4.10. The predicted octanol–water partition coefficient (Wildman–Crippen LogP) is 2.90. The van der Waals surface area contributed by atoms with Crippen LogP contribution in [0, 0.1) is 17.8 Å². The molecule has 1 aliphatic rings. The monoisotopic (exact) mass is 241 g/mol. The summed E-state index contributed by atoms with van der Waals surface area (Å²) >= 11 is 0. The summed E-state index contributed by atoms with van der Waals surface area (Å²) in [6.07, 6.45) is 6.46. The van der Waals surface area contributed by atoms with E-state index in [0.29, 0.717) is 5.92 Å². The average Bonchev–Trinajstić information content (AvgIpc) is 2.29. The summed E-state index contributed by atoms with van der Waals surface area (Å²) in [6.45, 7) is 7.05. The molecule has 1 rings (SSSR count). The Hall–Kier alpha value is -0.570. The number of carboxylic acids is 1. The fourth-order valence-electron chi connectivity index (χ4n) is 2.75. The second kappa shape index (κ2) is 7.00. The lowest BCUT2D eigenvalue weighted by Gasteiger charge is -2.29. The molecule has 1 atom stereocenters. The van der Waals surface area contributed by atoms with Crippen molar-refractivity contribution in [1.82, 2.24) is 5.32 Å². The van der Waals surface area contributed by atoms with Crippen molar-refractivity contribution < 1.29 is 9.90 Å². The Labute approximate surface area is 105 Å². The minimum atomic E-state index is -0.720. The Morgan fingerprint density at radius 3 is 2.18 bits per heavy atom. The first-order valence-corrected chi connectivity index (χ1v) is 7.00. The standard InChI is InChI=1S/C14H27NO2/c1-4-11-5-7-12(8-6-11)9-15-13(10(2)3)14(16)17/h10-13,15H,4-9H2,1-3H3,(H,16,17). The molecule has 0 spiro atoms. The normalized spacial score (nSPS) is 27.1. The van der Waals surface area contributed by atoms with Crippen LogP contribution in [0.25, 0.3) is 0 Å². The summed E-state index contributed by atoms with van der Waals surface area (Å²) in [6, 6.07) is -0.390. The van der Waals surface area contributed by atoms with E-state index >= 15 is 0 Å². The molecule has 1 unspecified atom stereocenters. The fraction of sp³-hybridized carbons (Fsp3) is 0.929. The highest BCUT2D eigenvalue weighted by Crippen LogP contribution is 2.30. The Morgan fingerprint density at radius 2 is 1.76 bits per heavy atom. The van der Waals surface area contributed by atoms with Crippen LogP contribution in [0.1, 0.15) is 52.9 Å². The molecule has 100 valence electrons. The summed E-state index contributed by atoms with van der Waals surface area (Å²) in [4.78, 5) is 11.0. The van der Waals surface area contributed by atoms with Crippen LogP contribution >= 0.6 is 0 Å². The van der Waals surface area contributed by atoms with Crippen LogP contribution in [0.2, 0.25) is 0 Å². The molecule has 1 saturated carbocycles. The van der Waals surface area contributed by atoms with E-state index < -0.39 is 5.97 Å². The molecule has 2 N–H and O–H groups in total. The minimum Gasteiger partial charge on any atom is -0.480 e. The van der Waals surface area contributed by atoms with E-state index in [0.717, 1.165) is 12.5 Å². The molecule has 3 heteroatoms. The highest BCUT2D eigenvalue weighted by molar-refractivity contribution is 5.73. The SMILES string of the molecule is CCC1CCC(CNC(C(=O)O)C(C)C)CC1. The number of hydrogen-bond acceptors (Lipinski definition) is 2. The zero-order chi connectivity index (χ0) is 12.8. The number of rotatable bonds is 6. The quantitative estimate of drug-likeness (QED) is 0.751. The van der Waals surface area contributed by atoms with Crippen LogP contribution in [0.4, 0.5) is 0 Å². The maximum atomic E-state index is 11.0. The maximum absolute atomic E-state index is 11.0. The van der Waals surface area contributed by atoms with Crippen LogP contribution in [0.5, 0.6) is 0 Å². The predicted molar refractivity (Wildman–Crippen MR) is 70.0 cm³/mol. The molecule has 0 amide bonds. The van der Waals surface area contributed by atoms with Crippen LogP contribution in [0.15, 0.2) is 0 Å². The van der Waals surface area contributed by atoms with Crippen LogP contribution < -0.4 is 5.32 Å². The third-order valence-electron chi connectivity index (χ3n) is 4.10. The van der Waals surface area contributed by atoms with Crippen molar-refractivity contribution in [3.8, 4) is 0 Å². The van der Waals surface area contributed by atoms with Crippen LogP contribution in [0.3, 0.4) is 0 Å². The van der Waals surface area contributed by atoms with E-state index in [1.165, 1.54) is 32.1 Å². The zero-order valence-electron chi connectivity index (χ0n) is 11.4. The molecule has 0 aromatic rings. The van der Waals surface area contributed by atoms with Gasteiger partial charge in [-0.15, -0.1) is 0 Å². The van der Waals surface area contributed by atoms with Crippen molar-refractivity contribution in [3.63, 3.8) is 0 Å². The van der Waals surface area contributed by atoms with Gasteiger partial charge in [-0.25, -0.2) is 0 Å². The van der Waals surface area contributed by atoms with Gasteiger partial charge in [-0.3, -0.25) is 4.79 Å². The zero-order valence-corrected chi connectivity index (χ0v) is 11.4. The molecule has 1 aliphatic carbocycles. The van der Waals surface area contributed by atoms with Gasteiger partial charge < -0.3 is 10.4 Å². The summed E-state index contributed by atoms with van der Waals surface area (Å²) in [7, 11) is 0. The van der Waals surface area contributed by atoms with Crippen molar-refractivity contribution in [2.45, 2.75) is 58.9 Å². The number of hydrogen-bond donors (Lipinski definition) is 2. The van der Waals surface area contributed by atoms with Crippen LogP contribution in [-0.4, -0.2) is 23.7 Å². The van der Waals surface area contributed by atoms with Gasteiger partial charge >= 0.3 is 5.97 Å². The number of carbonyl (C=O) groups is 1. The number of nitrogens with one attached hydrogen (secondary N) is 1. The van der Waals surface area contributed by atoms with Gasteiger partial charge in [0.05, 0.1) is 0 Å². The Balaban J connectivity index is 2.28. The number of carboxylic acid groups (broad SMARTS) is 1. The molecule has 17 heavy (non-hydrogen) atoms. The Kier molecular flexibility index (Phi) is 5.96. The molecule has 0 aromatic carbocycles. The average molecular weight is 241 g/mol. The molecular weight excluding hydrogens is 214 g/mol. The molecule has 0 radical (unpaired) electrons. The fourth-order valence-corrected chi connectivity index (χ4v) is 2.75. The summed E-state index contributed by atoms with van der Waals surface area (Å²) in [5.41, 5.74) is 0. The van der Waals surface area contributed by atoms with E-state index in [1.54, 1.807) is 0 Å². The molecule has 0 aromatic heterocycles. The molecule has 0 saturated heterocycles. The maximum Gasteiger partial charge on any atom is 0.320 e. The molecule has 1 fully saturated rings. The largest absolute Gasteiger partial charge is 0.480 e.